The van der Waals surface area contributed by atoms with Crippen molar-refractivity contribution in [2.45, 2.75) is 19.3 Å². The smallest absolute Gasteiger partial charge is 0.0701 e. The summed E-state index contributed by atoms with van der Waals surface area (Å²) in [4.78, 5) is 3.49. The van der Waals surface area contributed by atoms with Gasteiger partial charge in [0.2, 0.25) is 0 Å². The van der Waals surface area contributed by atoms with Gasteiger partial charge < -0.3 is 9.71 Å². The van der Waals surface area contributed by atoms with Crippen LogP contribution in [0, 0.1) is 0 Å². The maximum Gasteiger partial charge on any atom is 0.0701 e. The van der Waals surface area contributed by atoms with Crippen molar-refractivity contribution in [3.05, 3.63) is 65.2 Å². The van der Waals surface area contributed by atoms with Gasteiger partial charge >= 0.3 is 0 Å². The second kappa shape index (κ2) is 5.87. The molecule has 2 aromatic heterocycles. The molecule has 0 saturated carbocycles. The van der Waals surface area contributed by atoms with E-state index in [4.69, 9.17) is 0 Å². The second-order valence-electron chi connectivity index (χ2n) is 6.51. The topological polar surface area (TPSA) is 27.8 Å². The van der Waals surface area contributed by atoms with Crippen molar-refractivity contribution >= 4 is 50.0 Å². The van der Waals surface area contributed by atoms with E-state index in [0.717, 1.165) is 5.69 Å². The third-order valence-electron chi connectivity index (χ3n) is 4.76. The van der Waals surface area contributed by atoms with Crippen LogP contribution in [0.3, 0.4) is 0 Å². The Morgan fingerprint density at radius 2 is 1.79 bits per heavy atom. The molecule has 0 atom stereocenters. The van der Waals surface area contributed by atoms with E-state index in [0.29, 0.717) is 0 Å². The highest BCUT2D eigenvalue weighted by Crippen LogP contribution is 2.42. The van der Waals surface area contributed by atoms with E-state index in [2.05, 4.69) is 77.6 Å². The Kier molecular flexibility index (Phi) is 3.82. The maximum absolute atomic E-state index is 3.49. The molecule has 0 radical (unpaired) electrons. The molecule has 24 heavy (non-hydrogen) atoms. The van der Waals surface area contributed by atoms with E-state index < -0.39 is 0 Å². The minimum Gasteiger partial charge on any atom is -0.359 e. The standard InChI is InChI=1S/C20H20N2S2/c1-20(2,16-12-24-18-10-5-4-7-13(16)18)15-11-21-19-14(15)8-6-9-17(19)22-23-3/h4-12,21-22H,1-3H3. The summed E-state index contributed by atoms with van der Waals surface area (Å²) in [6.45, 7) is 4.64. The van der Waals surface area contributed by atoms with Crippen LogP contribution >= 0.6 is 23.3 Å². The zero-order valence-corrected chi connectivity index (χ0v) is 15.6. The summed E-state index contributed by atoms with van der Waals surface area (Å²) in [6.07, 6.45) is 4.22. The number of H-pyrrole nitrogens is 1. The zero-order valence-electron chi connectivity index (χ0n) is 14.0. The fourth-order valence-corrected chi connectivity index (χ4v) is 4.99. The first-order chi connectivity index (χ1) is 11.6. The quantitative estimate of drug-likeness (QED) is 0.416. The van der Waals surface area contributed by atoms with Crippen LogP contribution in [0.15, 0.2) is 54.0 Å². The predicted molar refractivity (Wildman–Crippen MR) is 109 cm³/mol. The first-order valence-corrected chi connectivity index (χ1v) is 10.1. The van der Waals surface area contributed by atoms with Gasteiger partial charge in [0.05, 0.1) is 11.2 Å². The fourth-order valence-electron chi connectivity index (χ4n) is 3.47. The average molecular weight is 353 g/mol. The minimum absolute atomic E-state index is 0.0597. The first kappa shape index (κ1) is 15.6. The number of nitrogens with one attached hydrogen (secondary N) is 2. The molecule has 2 aromatic carbocycles. The highest BCUT2D eigenvalue weighted by molar-refractivity contribution is 7.99. The maximum atomic E-state index is 3.49. The van der Waals surface area contributed by atoms with Crippen LogP contribution in [0.25, 0.3) is 21.0 Å². The van der Waals surface area contributed by atoms with E-state index in [9.17, 15) is 0 Å². The van der Waals surface area contributed by atoms with Gasteiger partial charge in [-0.2, -0.15) is 0 Å². The molecule has 0 fully saturated rings. The number of hydrogen-bond acceptors (Lipinski definition) is 3. The molecule has 2 nitrogen and oxygen atoms in total. The molecule has 4 heteroatoms. The Morgan fingerprint density at radius 1 is 1.00 bits per heavy atom. The highest BCUT2D eigenvalue weighted by atomic mass is 32.2. The van der Waals surface area contributed by atoms with Crippen LogP contribution in [0.4, 0.5) is 5.69 Å². The van der Waals surface area contributed by atoms with Gasteiger partial charge in [-0.15, -0.1) is 11.3 Å². The minimum atomic E-state index is -0.0597. The van der Waals surface area contributed by atoms with E-state index in [1.165, 1.54) is 32.1 Å². The molecule has 4 rings (SSSR count). The normalized spacial score (nSPS) is 12.1. The van der Waals surface area contributed by atoms with Crippen LogP contribution in [-0.2, 0) is 5.41 Å². The lowest BCUT2D eigenvalue weighted by atomic mass is 9.78. The molecule has 4 aromatic rings. The summed E-state index contributed by atoms with van der Waals surface area (Å²) >= 11 is 3.45. The molecule has 0 saturated heterocycles. The molecule has 122 valence electrons. The lowest BCUT2D eigenvalue weighted by Crippen LogP contribution is -2.17. The lowest BCUT2D eigenvalue weighted by Gasteiger charge is -2.24. The van der Waals surface area contributed by atoms with Crippen LogP contribution < -0.4 is 4.72 Å². The fraction of sp³-hybridized carbons (Fsp3) is 0.200. The van der Waals surface area contributed by atoms with Crippen molar-refractivity contribution in [3.63, 3.8) is 0 Å². The molecule has 0 unspecified atom stereocenters. The summed E-state index contributed by atoms with van der Waals surface area (Å²) in [7, 11) is 0. The number of benzene rings is 2. The van der Waals surface area contributed by atoms with Gasteiger partial charge in [0.15, 0.2) is 0 Å². The number of aromatic amines is 1. The van der Waals surface area contributed by atoms with Crippen molar-refractivity contribution in [1.82, 2.24) is 4.98 Å². The number of aromatic nitrogens is 1. The Labute approximate surface area is 150 Å². The largest absolute Gasteiger partial charge is 0.359 e. The first-order valence-electron chi connectivity index (χ1n) is 7.99. The van der Waals surface area contributed by atoms with Crippen LogP contribution in [0.5, 0.6) is 0 Å². The molecular weight excluding hydrogens is 332 g/mol. The third kappa shape index (κ3) is 2.33. The van der Waals surface area contributed by atoms with Gasteiger partial charge in [-0.05, 0) is 34.0 Å². The summed E-state index contributed by atoms with van der Waals surface area (Å²) in [5.41, 5.74) is 4.99. The number of para-hydroxylation sites is 1. The van der Waals surface area contributed by atoms with Gasteiger partial charge in [-0.25, -0.2) is 0 Å². The molecule has 0 aliphatic heterocycles. The molecule has 0 aliphatic carbocycles. The highest BCUT2D eigenvalue weighted by Gasteiger charge is 2.29. The lowest BCUT2D eigenvalue weighted by molar-refractivity contribution is 0.655. The van der Waals surface area contributed by atoms with Gasteiger partial charge in [0.25, 0.3) is 0 Å². The number of anilines is 1. The van der Waals surface area contributed by atoms with E-state index in [1.54, 1.807) is 11.9 Å². The molecule has 0 spiro atoms. The molecular formula is C20H20N2S2. The van der Waals surface area contributed by atoms with E-state index in [-0.39, 0.29) is 5.41 Å². The van der Waals surface area contributed by atoms with Crippen molar-refractivity contribution < 1.29 is 0 Å². The molecule has 2 heterocycles. The Balaban J connectivity index is 1.91. The van der Waals surface area contributed by atoms with E-state index in [1.807, 2.05) is 17.6 Å². The molecule has 0 bridgehead atoms. The third-order valence-corrected chi connectivity index (χ3v) is 6.14. The van der Waals surface area contributed by atoms with Crippen molar-refractivity contribution in [3.8, 4) is 0 Å². The van der Waals surface area contributed by atoms with Crippen molar-refractivity contribution in [2.75, 3.05) is 11.0 Å². The molecule has 2 N–H and O–H groups in total. The van der Waals surface area contributed by atoms with Crippen molar-refractivity contribution in [1.29, 1.82) is 0 Å². The van der Waals surface area contributed by atoms with Gasteiger partial charge in [-0.3, -0.25) is 0 Å². The second-order valence-corrected chi connectivity index (χ2v) is 8.03. The molecule has 0 amide bonds. The molecule has 0 aliphatic rings. The number of hydrogen-bond donors (Lipinski definition) is 2. The predicted octanol–water partition coefficient (Wildman–Crippen LogP) is 6.40. The van der Waals surface area contributed by atoms with E-state index >= 15 is 0 Å². The van der Waals surface area contributed by atoms with Gasteiger partial charge in [-0.1, -0.05) is 56.1 Å². The number of fused-ring (bicyclic) bond motifs is 2. The summed E-state index contributed by atoms with van der Waals surface area (Å²) < 4.78 is 4.72. The summed E-state index contributed by atoms with van der Waals surface area (Å²) in [5, 5.41) is 4.96. The number of thiophene rings is 1. The van der Waals surface area contributed by atoms with Crippen LogP contribution in [0.2, 0.25) is 0 Å². The van der Waals surface area contributed by atoms with Crippen LogP contribution in [0.1, 0.15) is 25.0 Å². The van der Waals surface area contributed by atoms with Gasteiger partial charge in [0.1, 0.15) is 0 Å². The summed E-state index contributed by atoms with van der Waals surface area (Å²) in [6, 6.07) is 15.1. The van der Waals surface area contributed by atoms with Crippen molar-refractivity contribution in [2.24, 2.45) is 0 Å². The number of rotatable bonds is 4. The monoisotopic (exact) mass is 352 g/mol. The zero-order chi connectivity index (χ0) is 16.7. The van der Waals surface area contributed by atoms with Gasteiger partial charge in [0, 0.05) is 28.0 Å². The Morgan fingerprint density at radius 3 is 2.62 bits per heavy atom. The Bertz CT molecular complexity index is 1010. The SMILES string of the molecule is CSNc1cccc2c(C(C)(C)c3csc4ccccc34)c[nH]c12. The summed E-state index contributed by atoms with van der Waals surface area (Å²) in [5.74, 6) is 0. The average Bonchev–Trinajstić information content (AvgIpc) is 3.20. The van der Waals surface area contributed by atoms with Crippen LogP contribution in [-0.4, -0.2) is 11.2 Å². The Hall–Kier alpha value is -1.91.